The van der Waals surface area contributed by atoms with Crippen LogP contribution < -0.4 is 0 Å². The van der Waals surface area contributed by atoms with Crippen molar-refractivity contribution in [2.24, 2.45) is 0 Å². The molecule has 0 aliphatic heterocycles. The van der Waals surface area contributed by atoms with Crippen LogP contribution >= 0.6 is 0 Å². The van der Waals surface area contributed by atoms with Crippen molar-refractivity contribution in [3.63, 3.8) is 0 Å². The Morgan fingerprint density at radius 2 is 0.935 bits per heavy atom. The molecule has 0 heterocycles. The van der Waals surface area contributed by atoms with E-state index >= 15 is 0 Å². The number of ether oxygens (including phenoxy) is 6. The van der Waals surface area contributed by atoms with Gasteiger partial charge in [-0.1, -0.05) is 5.57 Å². The van der Waals surface area contributed by atoms with E-state index < -0.39 is 18.4 Å². The van der Waals surface area contributed by atoms with Crippen LogP contribution in [0.15, 0.2) is 11.1 Å². The Morgan fingerprint density at radius 1 is 0.581 bits per heavy atom. The van der Waals surface area contributed by atoms with Crippen molar-refractivity contribution < 1.29 is 48.2 Å². The van der Waals surface area contributed by atoms with E-state index in [1.165, 1.54) is 0 Å². The van der Waals surface area contributed by atoms with Crippen molar-refractivity contribution in [1.82, 2.24) is 0 Å². The van der Waals surface area contributed by atoms with Gasteiger partial charge in [-0.3, -0.25) is 4.79 Å². The fourth-order valence-corrected chi connectivity index (χ4v) is 2.49. The second-order valence-electron chi connectivity index (χ2n) is 6.30. The fourth-order valence-electron chi connectivity index (χ4n) is 2.49. The maximum Gasteiger partial charge on any atom is 0.332 e. The molecular weight excluding hydrogens is 412 g/mol. The largest absolute Gasteiger partial charge is 0.481 e. The zero-order chi connectivity index (χ0) is 23.2. The first kappa shape index (κ1) is 29.4. The Balaban J connectivity index is 4.33. The molecule has 0 saturated heterocycles. The molecule has 0 saturated carbocycles. The predicted molar refractivity (Wildman–Crippen MR) is 112 cm³/mol. The Morgan fingerprint density at radius 3 is 1.26 bits per heavy atom. The van der Waals surface area contributed by atoms with E-state index in [-0.39, 0.29) is 18.8 Å². The zero-order valence-corrected chi connectivity index (χ0v) is 18.8. The van der Waals surface area contributed by atoms with Gasteiger partial charge in [-0.25, -0.2) is 4.79 Å². The van der Waals surface area contributed by atoms with E-state index in [1.54, 1.807) is 0 Å². The van der Waals surface area contributed by atoms with Crippen LogP contribution in [0.3, 0.4) is 0 Å². The van der Waals surface area contributed by atoms with Gasteiger partial charge in [0.1, 0.15) is 0 Å². The molecule has 0 aliphatic carbocycles. The third kappa shape index (κ3) is 18.9. The topological polar surface area (TPSA) is 130 Å². The van der Waals surface area contributed by atoms with E-state index in [1.807, 2.05) is 13.8 Å². The molecule has 182 valence electrons. The van der Waals surface area contributed by atoms with Crippen LogP contribution in [0.25, 0.3) is 0 Å². The van der Waals surface area contributed by atoms with Crippen LogP contribution in [0.1, 0.15) is 33.1 Å². The lowest BCUT2D eigenvalue weighted by Crippen LogP contribution is -2.14. The maximum absolute atomic E-state index is 11.5. The van der Waals surface area contributed by atoms with Gasteiger partial charge in [0.2, 0.25) is 0 Å². The molecule has 0 aromatic heterocycles. The molecule has 0 aromatic rings. The minimum atomic E-state index is -1.24. The Bertz CT molecular complexity index is 469. The highest BCUT2D eigenvalue weighted by Gasteiger charge is 2.17. The number of carboxylic acid groups (broad SMARTS) is 2. The van der Waals surface area contributed by atoms with E-state index in [4.69, 9.17) is 33.5 Å². The van der Waals surface area contributed by atoms with Crippen molar-refractivity contribution in [3.05, 3.63) is 11.1 Å². The van der Waals surface area contributed by atoms with Crippen LogP contribution in [0.5, 0.6) is 0 Å². The second kappa shape index (κ2) is 21.7. The number of carbonyl (C=O) groups is 2. The minimum absolute atomic E-state index is 0.124. The van der Waals surface area contributed by atoms with E-state index in [0.717, 1.165) is 0 Å². The molecule has 0 radical (unpaired) electrons. The fraction of sp³-hybridized carbons (Fsp3) is 0.810. The summed E-state index contributed by atoms with van der Waals surface area (Å²) in [6.07, 6.45) is 0.0654. The number of carboxylic acids is 2. The SMILES string of the molecule is CCOCCOCCOCCC(CCOCCOCCOCC)=C(CC(=O)O)C(=O)O. The third-order valence-corrected chi connectivity index (χ3v) is 4.01. The van der Waals surface area contributed by atoms with Gasteiger partial charge in [-0.2, -0.15) is 0 Å². The molecule has 0 atom stereocenters. The number of rotatable bonds is 23. The van der Waals surface area contributed by atoms with Crippen molar-refractivity contribution in [3.8, 4) is 0 Å². The minimum Gasteiger partial charge on any atom is -0.481 e. The summed E-state index contributed by atoms with van der Waals surface area (Å²) in [5.74, 6) is -2.43. The van der Waals surface area contributed by atoms with Gasteiger partial charge in [-0.05, 0) is 26.7 Å². The lowest BCUT2D eigenvalue weighted by molar-refractivity contribution is -0.139. The highest BCUT2D eigenvalue weighted by Crippen LogP contribution is 2.18. The summed E-state index contributed by atoms with van der Waals surface area (Å²) in [7, 11) is 0. The molecule has 2 N–H and O–H groups in total. The molecule has 0 bridgehead atoms. The van der Waals surface area contributed by atoms with Crippen molar-refractivity contribution in [1.29, 1.82) is 0 Å². The zero-order valence-electron chi connectivity index (χ0n) is 18.8. The predicted octanol–water partition coefficient (Wildman–Crippen LogP) is 1.76. The Hall–Kier alpha value is -1.56. The normalized spacial score (nSPS) is 10.9. The van der Waals surface area contributed by atoms with E-state index in [2.05, 4.69) is 0 Å². The third-order valence-electron chi connectivity index (χ3n) is 4.01. The molecule has 0 fully saturated rings. The molecule has 0 aliphatic rings. The van der Waals surface area contributed by atoms with Crippen molar-refractivity contribution in [2.75, 3.05) is 79.3 Å². The monoisotopic (exact) mass is 450 g/mol. The van der Waals surface area contributed by atoms with Crippen molar-refractivity contribution >= 4 is 11.9 Å². The first-order valence-electron chi connectivity index (χ1n) is 10.6. The molecule has 0 spiro atoms. The molecule has 31 heavy (non-hydrogen) atoms. The number of hydrogen-bond acceptors (Lipinski definition) is 8. The molecule has 0 unspecified atom stereocenters. The maximum atomic E-state index is 11.5. The smallest absolute Gasteiger partial charge is 0.332 e. The van der Waals surface area contributed by atoms with Gasteiger partial charge in [0, 0.05) is 18.8 Å². The highest BCUT2D eigenvalue weighted by atomic mass is 16.5. The molecule has 10 heteroatoms. The quantitative estimate of drug-likeness (QED) is 0.175. The summed E-state index contributed by atoms with van der Waals surface area (Å²) in [5, 5.41) is 18.4. The highest BCUT2D eigenvalue weighted by molar-refractivity contribution is 5.92. The molecule has 0 rings (SSSR count). The summed E-state index contributed by atoms with van der Waals surface area (Å²) >= 11 is 0. The van der Waals surface area contributed by atoms with Crippen LogP contribution in [-0.4, -0.2) is 101 Å². The molecule has 0 aromatic carbocycles. The summed E-state index contributed by atoms with van der Waals surface area (Å²) < 4.78 is 32.0. The molecule has 0 amide bonds. The standard InChI is InChI=1S/C21H38O10/c1-3-26-9-11-30-15-13-28-7-5-18(19(21(24)25)17-20(22)23)6-8-29-14-16-31-12-10-27-4-2/h3-17H2,1-2H3,(H,22,23)(H,24,25). The average Bonchev–Trinajstić information content (AvgIpc) is 2.73. The first-order valence-corrected chi connectivity index (χ1v) is 10.6. The van der Waals surface area contributed by atoms with Gasteiger partial charge in [0.25, 0.3) is 0 Å². The van der Waals surface area contributed by atoms with Crippen LogP contribution in [0.4, 0.5) is 0 Å². The summed E-state index contributed by atoms with van der Waals surface area (Å²) in [4.78, 5) is 22.6. The number of aliphatic carboxylic acids is 2. The van der Waals surface area contributed by atoms with Crippen LogP contribution in [-0.2, 0) is 38.0 Å². The van der Waals surface area contributed by atoms with Gasteiger partial charge < -0.3 is 38.6 Å². The Labute approximate surface area is 184 Å². The van der Waals surface area contributed by atoms with E-state index in [0.29, 0.717) is 84.5 Å². The van der Waals surface area contributed by atoms with Gasteiger partial charge in [0.15, 0.2) is 0 Å². The van der Waals surface area contributed by atoms with Gasteiger partial charge in [0.05, 0.1) is 72.5 Å². The Kier molecular flexibility index (Phi) is 20.6. The summed E-state index contributed by atoms with van der Waals surface area (Å²) in [6.45, 7) is 9.17. The van der Waals surface area contributed by atoms with Gasteiger partial charge in [-0.15, -0.1) is 0 Å². The first-order chi connectivity index (χ1) is 15.0. The van der Waals surface area contributed by atoms with Crippen LogP contribution in [0, 0.1) is 0 Å². The summed E-state index contributed by atoms with van der Waals surface area (Å²) in [6, 6.07) is 0. The van der Waals surface area contributed by atoms with Crippen LogP contribution in [0.2, 0.25) is 0 Å². The van der Waals surface area contributed by atoms with Gasteiger partial charge >= 0.3 is 11.9 Å². The number of hydrogen-bond donors (Lipinski definition) is 2. The lowest BCUT2D eigenvalue weighted by Gasteiger charge is -2.13. The second-order valence-corrected chi connectivity index (χ2v) is 6.30. The summed E-state index contributed by atoms with van der Waals surface area (Å²) in [5.41, 5.74) is 0.380. The average molecular weight is 451 g/mol. The lowest BCUT2D eigenvalue weighted by atomic mass is 10.00. The molecular formula is C21H38O10. The van der Waals surface area contributed by atoms with E-state index in [9.17, 15) is 14.7 Å². The van der Waals surface area contributed by atoms with Crippen molar-refractivity contribution in [2.45, 2.75) is 33.1 Å². The molecule has 10 nitrogen and oxygen atoms in total.